The van der Waals surface area contributed by atoms with Crippen molar-refractivity contribution in [3.8, 4) is 21.0 Å². The van der Waals surface area contributed by atoms with Gasteiger partial charge in [0.25, 0.3) is 0 Å². The number of carbonyl (C=O) groups is 1. The Morgan fingerprint density at radius 2 is 1.89 bits per heavy atom. The van der Waals surface area contributed by atoms with Gasteiger partial charge in [0.15, 0.2) is 5.69 Å². The lowest BCUT2D eigenvalue weighted by molar-refractivity contribution is 0.0692. The molecule has 0 saturated heterocycles. The highest BCUT2D eigenvalue weighted by Gasteiger charge is 2.19. The van der Waals surface area contributed by atoms with Crippen molar-refractivity contribution in [2.24, 2.45) is 0 Å². The minimum atomic E-state index is -0.989. The number of nitrogens with zero attached hydrogens (tertiary/aromatic N) is 1. The highest BCUT2D eigenvalue weighted by Crippen LogP contribution is 2.36. The van der Waals surface area contributed by atoms with Gasteiger partial charge in [-0.05, 0) is 17.0 Å². The van der Waals surface area contributed by atoms with E-state index in [0.29, 0.717) is 4.88 Å². The molecule has 1 aromatic carbocycles. The molecule has 2 aromatic heterocycles. The van der Waals surface area contributed by atoms with Crippen molar-refractivity contribution in [2.75, 3.05) is 0 Å². The van der Waals surface area contributed by atoms with Gasteiger partial charge in [-0.25, -0.2) is 9.78 Å². The second-order valence-electron chi connectivity index (χ2n) is 3.88. The fraction of sp³-hybridized carbons (Fsp3) is 0. The molecule has 3 aromatic rings. The Balaban J connectivity index is 2.16. The molecule has 3 nitrogen and oxygen atoms in total. The molecule has 0 aliphatic rings. The Labute approximate surface area is 117 Å². The summed E-state index contributed by atoms with van der Waals surface area (Å²) in [6.45, 7) is 0. The van der Waals surface area contributed by atoms with Gasteiger partial charge in [0.05, 0.1) is 4.88 Å². The maximum absolute atomic E-state index is 11.3. The van der Waals surface area contributed by atoms with Crippen LogP contribution in [0.25, 0.3) is 21.0 Å². The number of hydrogen-bond acceptors (Lipinski definition) is 4. The van der Waals surface area contributed by atoms with E-state index in [-0.39, 0.29) is 5.69 Å². The summed E-state index contributed by atoms with van der Waals surface area (Å²) in [4.78, 5) is 16.3. The topological polar surface area (TPSA) is 50.2 Å². The van der Waals surface area contributed by atoms with Gasteiger partial charge in [-0.3, -0.25) is 0 Å². The van der Waals surface area contributed by atoms with Crippen LogP contribution in [0, 0.1) is 0 Å². The summed E-state index contributed by atoms with van der Waals surface area (Å²) in [5.74, 6) is -0.989. The standard InChI is InChI=1S/C14H9NO2S2/c16-14(17)11-12(9-4-2-1-3-5-9)19-13(15-11)10-6-7-18-8-10/h1-8H,(H,16,17). The molecular weight excluding hydrogens is 278 g/mol. The lowest BCUT2D eigenvalue weighted by Gasteiger charge is -1.97. The number of carboxylic acid groups (broad SMARTS) is 1. The molecule has 0 amide bonds. The lowest BCUT2D eigenvalue weighted by atomic mass is 10.1. The van der Waals surface area contributed by atoms with Crippen LogP contribution in [0.2, 0.25) is 0 Å². The highest BCUT2D eigenvalue weighted by molar-refractivity contribution is 7.19. The third-order valence-electron chi connectivity index (χ3n) is 2.63. The van der Waals surface area contributed by atoms with Gasteiger partial charge in [-0.1, -0.05) is 30.3 Å². The summed E-state index contributed by atoms with van der Waals surface area (Å²) in [7, 11) is 0. The third kappa shape index (κ3) is 2.30. The van der Waals surface area contributed by atoms with E-state index in [1.165, 1.54) is 11.3 Å². The van der Waals surface area contributed by atoms with Crippen LogP contribution in [0.15, 0.2) is 47.2 Å². The molecule has 1 N–H and O–H groups in total. The molecule has 5 heteroatoms. The summed E-state index contributed by atoms with van der Waals surface area (Å²) in [6.07, 6.45) is 0. The van der Waals surface area contributed by atoms with Gasteiger partial charge in [-0.2, -0.15) is 11.3 Å². The predicted molar refractivity (Wildman–Crippen MR) is 77.8 cm³/mol. The van der Waals surface area contributed by atoms with Gasteiger partial charge in [-0.15, -0.1) is 11.3 Å². The van der Waals surface area contributed by atoms with E-state index in [1.807, 2.05) is 47.2 Å². The van der Waals surface area contributed by atoms with E-state index >= 15 is 0 Å². The van der Waals surface area contributed by atoms with Crippen LogP contribution in [-0.4, -0.2) is 16.1 Å². The van der Waals surface area contributed by atoms with Crippen LogP contribution < -0.4 is 0 Å². The van der Waals surface area contributed by atoms with Crippen molar-refractivity contribution in [1.82, 2.24) is 4.98 Å². The van der Waals surface area contributed by atoms with Crippen LogP contribution in [0.5, 0.6) is 0 Å². The van der Waals surface area contributed by atoms with E-state index in [9.17, 15) is 9.90 Å². The van der Waals surface area contributed by atoms with E-state index in [1.54, 1.807) is 11.3 Å². The SMILES string of the molecule is O=C(O)c1nc(-c2ccsc2)sc1-c1ccccc1. The van der Waals surface area contributed by atoms with Crippen LogP contribution in [0.4, 0.5) is 0 Å². The van der Waals surface area contributed by atoms with Crippen molar-refractivity contribution in [2.45, 2.75) is 0 Å². The minimum absolute atomic E-state index is 0.123. The lowest BCUT2D eigenvalue weighted by Crippen LogP contribution is -1.98. The van der Waals surface area contributed by atoms with E-state index in [0.717, 1.165) is 16.1 Å². The molecule has 94 valence electrons. The summed E-state index contributed by atoms with van der Waals surface area (Å²) >= 11 is 2.99. The molecule has 0 saturated carbocycles. The first-order chi connectivity index (χ1) is 9.25. The summed E-state index contributed by atoms with van der Waals surface area (Å²) in [5.41, 5.74) is 1.98. The second-order valence-corrected chi connectivity index (χ2v) is 5.66. The number of benzene rings is 1. The first-order valence-electron chi connectivity index (χ1n) is 5.58. The number of carboxylic acids is 1. The molecule has 0 fully saturated rings. The van der Waals surface area contributed by atoms with Gasteiger partial charge in [0.2, 0.25) is 0 Å². The maximum atomic E-state index is 11.3. The number of thiazole rings is 1. The molecule has 0 spiro atoms. The number of thiophene rings is 1. The third-order valence-corrected chi connectivity index (χ3v) is 4.47. The molecule has 0 aliphatic carbocycles. The molecule has 0 atom stereocenters. The number of aromatic carboxylic acids is 1. The Morgan fingerprint density at radius 3 is 2.53 bits per heavy atom. The van der Waals surface area contributed by atoms with Crippen LogP contribution in [0.1, 0.15) is 10.5 Å². The first kappa shape index (κ1) is 12.1. The smallest absolute Gasteiger partial charge is 0.356 e. The number of rotatable bonds is 3. The molecule has 0 aliphatic heterocycles. The Bertz CT molecular complexity index is 702. The Kier molecular flexibility index (Phi) is 3.15. The van der Waals surface area contributed by atoms with Crippen LogP contribution in [-0.2, 0) is 0 Å². The number of hydrogen-bond donors (Lipinski definition) is 1. The maximum Gasteiger partial charge on any atom is 0.356 e. The van der Waals surface area contributed by atoms with Crippen molar-refractivity contribution in [1.29, 1.82) is 0 Å². The molecule has 2 heterocycles. The molecule has 19 heavy (non-hydrogen) atoms. The largest absolute Gasteiger partial charge is 0.476 e. The fourth-order valence-electron chi connectivity index (χ4n) is 1.76. The summed E-state index contributed by atoms with van der Waals surface area (Å²) in [6, 6.07) is 11.4. The predicted octanol–water partition coefficient (Wildman–Crippen LogP) is 4.24. The van der Waals surface area contributed by atoms with Crippen LogP contribution in [0.3, 0.4) is 0 Å². The van der Waals surface area contributed by atoms with Gasteiger partial charge in [0.1, 0.15) is 5.01 Å². The zero-order valence-electron chi connectivity index (χ0n) is 9.74. The minimum Gasteiger partial charge on any atom is -0.476 e. The van der Waals surface area contributed by atoms with E-state index < -0.39 is 5.97 Å². The monoisotopic (exact) mass is 287 g/mol. The van der Waals surface area contributed by atoms with Crippen molar-refractivity contribution < 1.29 is 9.90 Å². The fourth-order valence-corrected chi connectivity index (χ4v) is 3.53. The van der Waals surface area contributed by atoms with Crippen molar-refractivity contribution in [3.63, 3.8) is 0 Å². The van der Waals surface area contributed by atoms with Gasteiger partial charge >= 0.3 is 5.97 Å². The summed E-state index contributed by atoms with van der Waals surface area (Å²) in [5, 5.41) is 14.0. The van der Waals surface area contributed by atoms with Gasteiger partial charge in [0, 0.05) is 10.9 Å². The quantitative estimate of drug-likeness (QED) is 0.784. The average Bonchev–Trinajstić information content (AvgIpc) is 3.08. The van der Waals surface area contributed by atoms with Crippen molar-refractivity contribution in [3.05, 3.63) is 52.9 Å². The first-order valence-corrected chi connectivity index (χ1v) is 7.34. The molecular formula is C14H9NO2S2. The van der Waals surface area contributed by atoms with Gasteiger partial charge < -0.3 is 5.11 Å². The zero-order valence-corrected chi connectivity index (χ0v) is 11.4. The van der Waals surface area contributed by atoms with E-state index in [4.69, 9.17) is 0 Å². The Morgan fingerprint density at radius 1 is 1.11 bits per heavy atom. The number of aromatic nitrogens is 1. The molecule has 0 unspecified atom stereocenters. The van der Waals surface area contributed by atoms with Crippen molar-refractivity contribution >= 4 is 28.6 Å². The molecule has 3 rings (SSSR count). The average molecular weight is 287 g/mol. The summed E-state index contributed by atoms with van der Waals surface area (Å²) < 4.78 is 0. The normalized spacial score (nSPS) is 10.5. The Hall–Kier alpha value is -1.98. The van der Waals surface area contributed by atoms with Crippen LogP contribution >= 0.6 is 22.7 Å². The highest BCUT2D eigenvalue weighted by atomic mass is 32.1. The zero-order chi connectivity index (χ0) is 13.2. The van der Waals surface area contributed by atoms with E-state index in [2.05, 4.69) is 4.98 Å². The second kappa shape index (κ2) is 4.95. The molecule has 0 radical (unpaired) electrons. The molecule has 0 bridgehead atoms.